The molecule has 0 radical (unpaired) electrons. The molecule has 0 spiro atoms. The zero-order valence-corrected chi connectivity index (χ0v) is 11.9. The molecule has 7 heteroatoms. The first kappa shape index (κ1) is 15.3. The van der Waals surface area contributed by atoms with E-state index in [1.165, 1.54) is 12.0 Å². The quantitative estimate of drug-likeness (QED) is 0.639. The number of nitrogens with zero attached hydrogens (tertiary/aromatic N) is 2. The molecule has 1 heterocycles. The van der Waals surface area contributed by atoms with Crippen LogP contribution in [-0.4, -0.2) is 66.7 Å². The van der Waals surface area contributed by atoms with Crippen molar-refractivity contribution in [1.29, 1.82) is 0 Å². The fraction of sp³-hybridized carbons (Fsp3) is 0.750. The van der Waals surface area contributed by atoms with E-state index in [0.29, 0.717) is 0 Å². The Bertz CT molecular complexity index is 388. The maximum absolute atomic E-state index is 12.0. The molecule has 1 rings (SSSR count). The number of carbonyl (C=O) groups is 3. The molecule has 0 bridgehead atoms. The average Bonchev–Trinajstić information content (AvgIpc) is 2.28. The molecule has 1 saturated heterocycles. The van der Waals surface area contributed by atoms with Gasteiger partial charge in [-0.2, -0.15) is 0 Å². The summed E-state index contributed by atoms with van der Waals surface area (Å²) in [4.78, 5) is 37.9. The van der Waals surface area contributed by atoms with Crippen LogP contribution in [0.25, 0.3) is 0 Å². The van der Waals surface area contributed by atoms with Gasteiger partial charge in [-0.05, 0) is 20.8 Å². The summed E-state index contributed by atoms with van der Waals surface area (Å²) in [6, 6.07) is -0.831. The van der Waals surface area contributed by atoms with Crippen LogP contribution in [-0.2, 0) is 19.1 Å². The van der Waals surface area contributed by atoms with E-state index in [1.54, 1.807) is 27.8 Å². The van der Waals surface area contributed by atoms with Crippen LogP contribution in [0.5, 0.6) is 0 Å². The number of methoxy groups -OCH3 is 1. The first-order chi connectivity index (χ1) is 8.65. The van der Waals surface area contributed by atoms with Gasteiger partial charge in [-0.3, -0.25) is 9.69 Å². The molecule has 2 amide bonds. The molecule has 1 fully saturated rings. The zero-order chi connectivity index (χ0) is 14.8. The van der Waals surface area contributed by atoms with Crippen LogP contribution in [0.4, 0.5) is 4.79 Å². The maximum Gasteiger partial charge on any atom is 0.411 e. The van der Waals surface area contributed by atoms with Crippen LogP contribution in [0.3, 0.4) is 0 Å². The minimum Gasteiger partial charge on any atom is -0.467 e. The molecule has 0 aromatic heterocycles. The number of piperazine rings is 1. The van der Waals surface area contributed by atoms with Crippen LogP contribution in [0.1, 0.15) is 20.8 Å². The number of amides is 2. The summed E-state index contributed by atoms with van der Waals surface area (Å²) >= 11 is 0. The Balaban J connectivity index is 2.89. The standard InChI is InChI=1S/C12H20N2O5/c1-12(2,3)19-11(17)14-7-9(15)13(4)6-8(14)10(16)18-5/h8H,6-7H2,1-5H3. The lowest BCUT2D eigenvalue weighted by atomic mass is 10.1. The monoisotopic (exact) mass is 272 g/mol. The van der Waals surface area contributed by atoms with E-state index in [2.05, 4.69) is 4.74 Å². The van der Waals surface area contributed by atoms with Gasteiger partial charge in [0, 0.05) is 7.05 Å². The molecule has 1 aliphatic rings. The lowest BCUT2D eigenvalue weighted by Gasteiger charge is -2.38. The fourth-order valence-electron chi connectivity index (χ4n) is 1.69. The van der Waals surface area contributed by atoms with Crippen molar-refractivity contribution in [3.63, 3.8) is 0 Å². The van der Waals surface area contributed by atoms with Crippen molar-refractivity contribution in [2.24, 2.45) is 0 Å². The van der Waals surface area contributed by atoms with Gasteiger partial charge >= 0.3 is 12.1 Å². The number of ether oxygens (including phenoxy) is 2. The maximum atomic E-state index is 12.0. The first-order valence-corrected chi connectivity index (χ1v) is 5.97. The third-order valence-corrected chi connectivity index (χ3v) is 2.66. The summed E-state index contributed by atoms with van der Waals surface area (Å²) in [6.07, 6.45) is -0.690. The third kappa shape index (κ3) is 3.84. The molecule has 1 unspecified atom stereocenters. The van der Waals surface area contributed by atoms with E-state index in [0.717, 1.165) is 4.90 Å². The highest BCUT2D eigenvalue weighted by Gasteiger charge is 2.40. The molecule has 19 heavy (non-hydrogen) atoms. The molecule has 0 aliphatic carbocycles. The van der Waals surface area contributed by atoms with E-state index in [4.69, 9.17) is 4.74 Å². The van der Waals surface area contributed by atoms with Crippen molar-refractivity contribution in [2.45, 2.75) is 32.4 Å². The second kappa shape index (κ2) is 5.46. The predicted molar refractivity (Wildman–Crippen MR) is 66.4 cm³/mol. The summed E-state index contributed by atoms with van der Waals surface area (Å²) in [7, 11) is 2.82. The van der Waals surface area contributed by atoms with Gasteiger partial charge in [-0.25, -0.2) is 9.59 Å². The van der Waals surface area contributed by atoms with E-state index in [9.17, 15) is 14.4 Å². The summed E-state index contributed by atoms with van der Waals surface area (Å²) in [5, 5.41) is 0. The molecule has 0 aromatic rings. The lowest BCUT2D eigenvalue weighted by molar-refractivity contribution is -0.153. The molecule has 1 aliphatic heterocycles. The Morgan fingerprint density at radius 3 is 2.37 bits per heavy atom. The summed E-state index contributed by atoms with van der Waals surface area (Å²) in [5.74, 6) is -0.809. The van der Waals surface area contributed by atoms with E-state index in [-0.39, 0.29) is 19.0 Å². The van der Waals surface area contributed by atoms with E-state index in [1.807, 2.05) is 0 Å². The average molecular weight is 272 g/mol. The predicted octanol–water partition coefficient (Wildman–Crippen LogP) is 0.237. The van der Waals surface area contributed by atoms with Gasteiger partial charge < -0.3 is 14.4 Å². The van der Waals surface area contributed by atoms with Crippen molar-refractivity contribution in [1.82, 2.24) is 9.80 Å². The summed E-state index contributed by atoms with van der Waals surface area (Å²) in [6.45, 7) is 5.07. The second-order valence-electron chi connectivity index (χ2n) is 5.42. The highest BCUT2D eigenvalue weighted by Crippen LogP contribution is 2.16. The van der Waals surface area contributed by atoms with Gasteiger partial charge in [0.25, 0.3) is 0 Å². The molecule has 0 N–H and O–H groups in total. The van der Waals surface area contributed by atoms with Crippen LogP contribution in [0.2, 0.25) is 0 Å². The molecule has 0 aromatic carbocycles. The van der Waals surface area contributed by atoms with Crippen molar-refractivity contribution in [2.75, 3.05) is 27.2 Å². The van der Waals surface area contributed by atoms with E-state index < -0.39 is 23.7 Å². The van der Waals surface area contributed by atoms with Gasteiger partial charge in [0.15, 0.2) is 6.04 Å². The van der Waals surface area contributed by atoms with Gasteiger partial charge in [0.2, 0.25) is 5.91 Å². The molecule has 1 atom stereocenters. The van der Waals surface area contributed by atoms with Crippen molar-refractivity contribution in [3.8, 4) is 0 Å². The number of esters is 1. The minimum atomic E-state index is -0.831. The SMILES string of the molecule is COC(=O)C1CN(C)C(=O)CN1C(=O)OC(C)(C)C. The molecule has 108 valence electrons. The molecular formula is C12H20N2O5. The van der Waals surface area contributed by atoms with Crippen molar-refractivity contribution in [3.05, 3.63) is 0 Å². The zero-order valence-electron chi connectivity index (χ0n) is 11.9. The summed E-state index contributed by atoms with van der Waals surface area (Å²) < 4.78 is 9.85. The van der Waals surface area contributed by atoms with E-state index >= 15 is 0 Å². The number of likely N-dealkylation sites (N-methyl/N-ethyl adjacent to an activating group) is 1. The Kier molecular flexibility index (Phi) is 4.39. The van der Waals surface area contributed by atoms with Crippen LogP contribution in [0, 0.1) is 0 Å². The Morgan fingerprint density at radius 2 is 1.89 bits per heavy atom. The van der Waals surface area contributed by atoms with Gasteiger partial charge in [0.1, 0.15) is 12.1 Å². The topological polar surface area (TPSA) is 76.2 Å². The second-order valence-corrected chi connectivity index (χ2v) is 5.42. The minimum absolute atomic E-state index is 0.102. The van der Waals surface area contributed by atoms with Crippen LogP contribution in [0.15, 0.2) is 0 Å². The van der Waals surface area contributed by atoms with Gasteiger partial charge in [-0.15, -0.1) is 0 Å². The number of carbonyl (C=O) groups excluding carboxylic acids is 3. The van der Waals surface area contributed by atoms with Crippen molar-refractivity contribution >= 4 is 18.0 Å². The highest BCUT2D eigenvalue weighted by atomic mass is 16.6. The third-order valence-electron chi connectivity index (χ3n) is 2.66. The van der Waals surface area contributed by atoms with Crippen LogP contribution < -0.4 is 0 Å². The van der Waals surface area contributed by atoms with Gasteiger partial charge in [0.05, 0.1) is 13.7 Å². The first-order valence-electron chi connectivity index (χ1n) is 5.97. The normalized spacial score (nSPS) is 20.3. The smallest absolute Gasteiger partial charge is 0.411 e. The van der Waals surface area contributed by atoms with Crippen molar-refractivity contribution < 1.29 is 23.9 Å². The number of rotatable bonds is 1. The summed E-state index contributed by atoms with van der Waals surface area (Å²) in [5.41, 5.74) is -0.690. The highest BCUT2D eigenvalue weighted by molar-refractivity contribution is 5.89. The Morgan fingerprint density at radius 1 is 1.32 bits per heavy atom. The lowest BCUT2D eigenvalue weighted by Crippen LogP contribution is -2.60. The fourth-order valence-corrected chi connectivity index (χ4v) is 1.69. The molecular weight excluding hydrogens is 252 g/mol. The molecule has 0 saturated carbocycles. The Labute approximate surface area is 112 Å². The largest absolute Gasteiger partial charge is 0.467 e. The number of hydrogen-bond acceptors (Lipinski definition) is 5. The molecule has 7 nitrogen and oxygen atoms in total. The van der Waals surface area contributed by atoms with Crippen LogP contribution >= 0.6 is 0 Å². The van der Waals surface area contributed by atoms with Gasteiger partial charge in [-0.1, -0.05) is 0 Å². The number of hydrogen-bond donors (Lipinski definition) is 0. The Hall–Kier alpha value is -1.79.